The van der Waals surface area contributed by atoms with Crippen LogP contribution in [0.3, 0.4) is 0 Å². The second-order valence-electron chi connectivity index (χ2n) is 11.3. The number of ether oxygens (including phenoxy) is 2. The number of carbonyl (C=O) groups is 1. The summed E-state index contributed by atoms with van der Waals surface area (Å²) in [7, 11) is 1.67. The molecule has 1 aromatic heterocycles. The van der Waals surface area contributed by atoms with Crippen LogP contribution in [0.25, 0.3) is 11.3 Å². The maximum atomic E-state index is 12.7. The number of carboxylic acid groups (broad SMARTS) is 1. The lowest BCUT2D eigenvalue weighted by molar-refractivity contribution is -0.151. The third kappa shape index (κ3) is 4.79. The zero-order chi connectivity index (χ0) is 25.5. The predicted molar refractivity (Wildman–Crippen MR) is 142 cm³/mol. The summed E-state index contributed by atoms with van der Waals surface area (Å²) in [5, 5.41) is 15.5. The average molecular weight is 501 g/mol. The molecule has 1 N–H and O–H groups in total. The lowest BCUT2D eigenvalue weighted by atomic mass is 9.64. The monoisotopic (exact) mass is 500 g/mol. The molecule has 194 valence electrons. The Morgan fingerprint density at radius 2 is 1.65 bits per heavy atom. The van der Waals surface area contributed by atoms with Crippen LogP contribution in [0, 0.1) is 11.8 Å². The highest BCUT2D eigenvalue weighted by Gasteiger charge is 2.51. The van der Waals surface area contributed by atoms with E-state index in [-0.39, 0.29) is 0 Å². The topological polar surface area (TPSA) is 73.6 Å². The van der Waals surface area contributed by atoms with Crippen LogP contribution in [0.1, 0.15) is 62.6 Å². The molecule has 0 saturated heterocycles. The van der Waals surface area contributed by atoms with Crippen LogP contribution in [0.15, 0.2) is 60.7 Å². The highest BCUT2D eigenvalue weighted by molar-refractivity contribution is 5.81. The van der Waals surface area contributed by atoms with E-state index in [1.54, 1.807) is 7.11 Å². The Hall–Kier alpha value is -3.12. The lowest BCUT2D eigenvalue weighted by Crippen LogP contribution is -2.46. The summed E-state index contributed by atoms with van der Waals surface area (Å²) in [6.45, 7) is 1.63. The van der Waals surface area contributed by atoms with E-state index in [4.69, 9.17) is 14.6 Å². The van der Waals surface area contributed by atoms with E-state index in [1.165, 1.54) is 25.7 Å². The Morgan fingerprint density at radius 3 is 2.24 bits per heavy atom. The van der Waals surface area contributed by atoms with Crippen LogP contribution in [-0.2, 0) is 27.1 Å². The number of hydrogen-bond donors (Lipinski definition) is 1. The molecule has 0 atom stereocenters. The highest BCUT2D eigenvalue weighted by atomic mass is 16.5. The van der Waals surface area contributed by atoms with Crippen molar-refractivity contribution in [3.05, 3.63) is 71.9 Å². The molecule has 0 aliphatic heterocycles. The minimum Gasteiger partial charge on any atom is -0.497 e. The van der Waals surface area contributed by atoms with Gasteiger partial charge in [-0.2, -0.15) is 5.10 Å². The van der Waals surface area contributed by atoms with Crippen molar-refractivity contribution in [3.8, 4) is 17.0 Å². The second-order valence-corrected chi connectivity index (χ2v) is 11.3. The van der Waals surface area contributed by atoms with Gasteiger partial charge in [-0.25, -0.2) is 0 Å². The van der Waals surface area contributed by atoms with Gasteiger partial charge in [-0.05, 0) is 99.1 Å². The molecule has 3 aliphatic rings. The minimum absolute atomic E-state index is 0.525. The second kappa shape index (κ2) is 9.64. The smallest absolute Gasteiger partial charge is 0.314 e. The van der Waals surface area contributed by atoms with E-state index in [0.717, 1.165) is 41.4 Å². The molecule has 3 saturated carbocycles. The van der Waals surface area contributed by atoms with E-state index in [9.17, 15) is 9.90 Å². The number of aromatic nitrogens is 2. The van der Waals surface area contributed by atoms with Gasteiger partial charge >= 0.3 is 5.97 Å². The van der Waals surface area contributed by atoms with E-state index in [1.807, 2.05) is 42.5 Å². The van der Waals surface area contributed by atoms with Crippen molar-refractivity contribution in [1.29, 1.82) is 0 Å². The summed E-state index contributed by atoms with van der Waals surface area (Å²) in [5.41, 5.74) is 2.58. The molecule has 2 aromatic carbocycles. The van der Waals surface area contributed by atoms with Crippen LogP contribution >= 0.6 is 0 Å². The van der Waals surface area contributed by atoms with Crippen molar-refractivity contribution < 1.29 is 19.4 Å². The molecular formula is C31H36N2O4. The molecule has 6 rings (SSSR count). The molecule has 1 heterocycles. The van der Waals surface area contributed by atoms with Gasteiger partial charge in [0, 0.05) is 12.1 Å². The van der Waals surface area contributed by atoms with Crippen molar-refractivity contribution in [2.75, 3.05) is 13.7 Å². The molecule has 6 heteroatoms. The van der Waals surface area contributed by atoms with Gasteiger partial charge in [-0.15, -0.1) is 0 Å². The fourth-order valence-corrected chi connectivity index (χ4v) is 5.87. The van der Waals surface area contributed by atoms with Crippen LogP contribution in [0.5, 0.6) is 5.75 Å². The van der Waals surface area contributed by atoms with Gasteiger partial charge in [0.2, 0.25) is 0 Å². The standard InChI is InChI=1S/C31H36N2O4/c1-36-26-13-11-24(12-14-26)27-19-28(33(32-27)20-22-7-8-22)31(37-21-23-9-10-23)17-15-30(16-18-31,29(34)35)25-5-3-2-4-6-25/h2-6,11-14,19,22-23H,7-10,15-18,20-21H2,1H3,(H,34,35). The fourth-order valence-electron chi connectivity index (χ4n) is 5.87. The third-order valence-electron chi connectivity index (χ3n) is 8.70. The first kappa shape index (κ1) is 24.2. The summed E-state index contributed by atoms with van der Waals surface area (Å²) in [5.74, 6) is 1.37. The first-order valence-corrected chi connectivity index (χ1v) is 13.7. The number of carboxylic acids is 1. The summed E-state index contributed by atoms with van der Waals surface area (Å²) in [6.07, 6.45) is 7.34. The Bertz CT molecular complexity index is 1230. The van der Waals surface area contributed by atoms with Crippen LogP contribution < -0.4 is 4.74 Å². The summed E-state index contributed by atoms with van der Waals surface area (Å²) >= 11 is 0. The van der Waals surface area contributed by atoms with Crippen molar-refractivity contribution in [3.63, 3.8) is 0 Å². The average Bonchev–Trinajstić information content (AvgIpc) is 3.87. The summed E-state index contributed by atoms with van der Waals surface area (Å²) < 4.78 is 14.4. The molecular weight excluding hydrogens is 464 g/mol. The Labute approximate surface area is 218 Å². The van der Waals surface area contributed by atoms with Gasteiger partial charge in [-0.3, -0.25) is 9.48 Å². The highest BCUT2D eigenvalue weighted by Crippen LogP contribution is 2.51. The van der Waals surface area contributed by atoms with Crippen molar-refractivity contribution in [2.24, 2.45) is 11.8 Å². The summed E-state index contributed by atoms with van der Waals surface area (Å²) in [4.78, 5) is 12.7. The predicted octanol–water partition coefficient (Wildman–Crippen LogP) is 6.19. The first-order chi connectivity index (χ1) is 18.0. The molecule has 0 radical (unpaired) electrons. The van der Waals surface area contributed by atoms with Gasteiger partial charge in [0.1, 0.15) is 11.4 Å². The van der Waals surface area contributed by atoms with Crippen LogP contribution in [0.4, 0.5) is 0 Å². The fraction of sp³-hybridized carbons (Fsp3) is 0.484. The van der Waals surface area contributed by atoms with E-state index in [2.05, 4.69) is 22.9 Å². The van der Waals surface area contributed by atoms with Gasteiger partial charge < -0.3 is 14.6 Å². The first-order valence-electron chi connectivity index (χ1n) is 13.7. The number of methoxy groups -OCH3 is 1. The molecule has 0 unspecified atom stereocenters. The minimum atomic E-state index is -0.881. The van der Waals surface area contributed by atoms with Crippen molar-refractivity contribution >= 4 is 5.97 Å². The number of nitrogens with zero attached hydrogens (tertiary/aromatic N) is 2. The quantitative estimate of drug-likeness (QED) is 0.359. The normalized spacial score (nSPS) is 25.6. The molecule has 3 aromatic rings. The SMILES string of the molecule is COc1ccc(-c2cc(C3(OCC4CC4)CCC(C(=O)O)(c4ccccc4)CC3)n(CC3CC3)n2)cc1. The molecule has 0 spiro atoms. The molecule has 6 nitrogen and oxygen atoms in total. The maximum Gasteiger partial charge on any atom is 0.314 e. The molecule has 0 bridgehead atoms. The Morgan fingerprint density at radius 1 is 0.973 bits per heavy atom. The number of benzene rings is 2. The zero-order valence-corrected chi connectivity index (χ0v) is 21.6. The Balaban J connectivity index is 1.37. The van der Waals surface area contributed by atoms with E-state index >= 15 is 0 Å². The molecule has 37 heavy (non-hydrogen) atoms. The Kier molecular flexibility index (Phi) is 6.31. The van der Waals surface area contributed by atoms with Gasteiger partial charge in [0.15, 0.2) is 0 Å². The molecule has 0 amide bonds. The number of aliphatic carboxylic acids is 1. The van der Waals surface area contributed by atoms with Gasteiger partial charge in [0.05, 0.1) is 30.5 Å². The number of hydrogen-bond acceptors (Lipinski definition) is 4. The zero-order valence-electron chi connectivity index (χ0n) is 21.6. The molecule has 3 aliphatic carbocycles. The lowest BCUT2D eigenvalue weighted by Gasteiger charge is -2.44. The van der Waals surface area contributed by atoms with Crippen LogP contribution in [0.2, 0.25) is 0 Å². The van der Waals surface area contributed by atoms with Crippen molar-refractivity contribution in [1.82, 2.24) is 9.78 Å². The largest absolute Gasteiger partial charge is 0.497 e. The van der Waals surface area contributed by atoms with E-state index < -0.39 is 17.0 Å². The number of rotatable bonds is 10. The van der Waals surface area contributed by atoms with Crippen LogP contribution in [-0.4, -0.2) is 34.6 Å². The summed E-state index contributed by atoms with van der Waals surface area (Å²) in [6, 6.07) is 20.0. The van der Waals surface area contributed by atoms with Crippen molar-refractivity contribution in [2.45, 2.75) is 68.9 Å². The molecule has 3 fully saturated rings. The van der Waals surface area contributed by atoms with E-state index in [0.29, 0.717) is 37.5 Å². The maximum absolute atomic E-state index is 12.7. The third-order valence-corrected chi connectivity index (χ3v) is 8.70. The van der Waals surface area contributed by atoms with Gasteiger partial charge in [0.25, 0.3) is 0 Å². The van der Waals surface area contributed by atoms with Gasteiger partial charge in [-0.1, -0.05) is 30.3 Å².